The lowest BCUT2D eigenvalue weighted by atomic mass is 9.98. The van der Waals surface area contributed by atoms with Gasteiger partial charge in [-0.05, 0) is 42.4 Å². The fourth-order valence-corrected chi connectivity index (χ4v) is 3.12. The third-order valence-corrected chi connectivity index (χ3v) is 4.91. The van der Waals surface area contributed by atoms with Crippen LogP contribution in [0.1, 0.15) is 23.6 Å². The van der Waals surface area contributed by atoms with Crippen LogP contribution < -0.4 is 10.6 Å². The highest BCUT2D eigenvalue weighted by molar-refractivity contribution is 7.90. The first kappa shape index (κ1) is 20.0. The second kappa shape index (κ2) is 8.37. The first-order valence-electron chi connectivity index (χ1n) is 7.91. The molecule has 1 amide bonds. The van der Waals surface area contributed by atoms with Gasteiger partial charge in [-0.2, -0.15) is 0 Å². The second-order valence-electron chi connectivity index (χ2n) is 5.87. The van der Waals surface area contributed by atoms with Crippen LogP contribution in [0.25, 0.3) is 0 Å². The van der Waals surface area contributed by atoms with E-state index in [1.807, 2.05) is 0 Å². The SMILES string of the molecule is CNCCC(=O)NC(c1cccc(S(C)(=O)=O)c1)c1ccc(F)c(F)c1. The number of carbonyl (C=O) groups is 1. The zero-order chi connectivity index (χ0) is 19.3. The van der Waals surface area contributed by atoms with Crippen molar-refractivity contribution in [1.29, 1.82) is 0 Å². The van der Waals surface area contributed by atoms with Crippen molar-refractivity contribution in [2.75, 3.05) is 19.8 Å². The first-order chi connectivity index (χ1) is 12.2. The molecule has 0 bridgehead atoms. The van der Waals surface area contributed by atoms with Crippen molar-refractivity contribution in [2.45, 2.75) is 17.4 Å². The van der Waals surface area contributed by atoms with Crippen LogP contribution >= 0.6 is 0 Å². The summed E-state index contributed by atoms with van der Waals surface area (Å²) in [6.45, 7) is 0.444. The summed E-state index contributed by atoms with van der Waals surface area (Å²) in [6, 6.07) is 8.52. The highest BCUT2D eigenvalue weighted by Gasteiger charge is 2.20. The number of benzene rings is 2. The molecule has 1 unspecified atom stereocenters. The van der Waals surface area contributed by atoms with Crippen LogP contribution in [0.2, 0.25) is 0 Å². The average molecular weight is 382 g/mol. The molecule has 0 radical (unpaired) electrons. The topological polar surface area (TPSA) is 75.3 Å². The number of halogens is 2. The van der Waals surface area contributed by atoms with Crippen molar-refractivity contribution in [3.8, 4) is 0 Å². The number of hydrogen-bond acceptors (Lipinski definition) is 4. The molecule has 0 aliphatic heterocycles. The standard InChI is InChI=1S/C18H20F2N2O3S/c1-21-9-8-17(23)22-18(13-6-7-15(19)16(20)11-13)12-4-3-5-14(10-12)26(2,24)25/h3-7,10-11,18,21H,8-9H2,1-2H3,(H,22,23). The molecule has 0 saturated carbocycles. The lowest BCUT2D eigenvalue weighted by Gasteiger charge is -2.21. The molecule has 5 nitrogen and oxygen atoms in total. The summed E-state index contributed by atoms with van der Waals surface area (Å²) in [5, 5.41) is 5.59. The fourth-order valence-electron chi connectivity index (χ4n) is 2.45. The third-order valence-electron chi connectivity index (χ3n) is 3.80. The van der Waals surface area contributed by atoms with Gasteiger partial charge in [0.15, 0.2) is 21.5 Å². The highest BCUT2D eigenvalue weighted by Crippen LogP contribution is 2.26. The van der Waals surface area contributed by atoms with E-state index in [0.29, 0.717) is 17.7 Å². The number of rotatable bonds is 7. The minimum Gasteiger partial charge on any atom is -0.345 e. The molecule has 0 saturated heterocycles. The zero-order valence-corrected chi connectivity index (χ0v) is 15.2. The van der Waals surface area contributed by atoms with E-state index in [4.69, 9.17) is 0 Å². The van der Waals surface area contributed by atoms with Gasteiger partial charge < -0.3 is 10.6 Å². The van der Waals surface area contributed by atoms with E-state index in [9.17, 15) is 22.0 Å². The minimum absolute atomic E-state index is 0.0760. The maximum Gasteiger partial charge on any atom is 0.222 e. The van der Waals surface area contributed by atoms with Gasteiger partial charge in [-0.25, -0.2) is 17.2 Å². The lowest BCUT2D eigenvalue weighted by molar-refractivity contribution is -0.121. The summed E-state index contributed by atoms with van der Waals surface area (Å²) >= 11 is 0. The Morgan fingerprint density at radius 1 is 1.08 bits per heavy atom. The Balaban J connectivity index is 2.46. The van der Waals surface area contributed by atoms with Crippen LogP contribution in [0.5, 0.6) is 0 Å². The number of nitrogens with one attached hydrogen (secondary N) is 2. The fraction of sp³-hybridized carbons (Fsp3) is 0.278. The second-order valence-corrected chi connectivity index (χ2v) is 7.89. The molecule has 0 aliphatic carbocycles. The van der Waals surface area contributed by atoms with E-state index >= 15 is 0 Å². The van der Waals surface area contributed by atoms with E-state index < -0.39 is 27.5 Å². The summed E-state index contributed by atoms with van der Waals surface area (Å²) in [4.78, 5) is 12.2. The highest BCUT2D eigenvalue weighted by atomic mass is 32.2. The maximum absolute atomic E-state index is 13.7. The summed E-state index contributed by atoms with van der Waals surface area (Å²) in [6.07, 6.45) is 1.26. The molecule has 26 heavy (non-hydrogen) atoms. The van der Waals surface area contributed by atoms with Crippen molar-refractivity contribution in [1.82, 2.24) is 10.6 Å². The van der Waals surface area contributed by atoms with Crippen molar-refractivity contribution in [3.63, 3.8) is 0 Å². The quantitative estimate of drug-likeness (QED) is 0.770. The summed E-state index contributed by atoms with van der Waals surface area (Å²) < 4.78 is 50.5. The number of sulfone groups is 1. The molecular formula is C18H20F2N2O3S. The van der Waals surface area contributed by atoms with Crippen LogP contribution in [-0.2, 0) is 14.6 Å². The largest absolute Gasteiger partial charge is 0.345 e. The first-order valence-corrected chi connectivity index (χ1v) is 9.80. The van der Waals surface area contributed by atoms with Crippen molar-refractivity contribution in [3.05, 3.63) is 65.2 Å². The molecule has 0 aliphatic rings. The smallest absolute Gasteiger partial charge is 0.222 e. The van der Waals surface area contributed by atoms with Crippen molar-refractivity contribution < 1.29 is 22.0 Å². The van der Waals surface area contributed by atoms with E-state index in [1.165, 1.54) is 18.2 Å². The molecule has 0 heterocycles. The Morgan fingerprint density at radius 3 is 2.38 bits per heavy atom. The molecule has 0 fully saturated rings. The molecule has 0 aromatic heterocycles. The molecule has 2 aromatic rings. The van der Waals surface area contributed by atoms with E-state index in [2.05, 4.69) is 10.6 Å². The Kier molecular flexibility index (Phi) is 6.44. The van der Waals surface area contributed by atoms with Crippen molar-refractivity contribution >= 4 is 15.7 Å². The van der Waals surface area contributed by atoms with Crippen LogP contribution in [0.15, 0.2) is 47.4 Å². The van der Waals surface area contributed by atoms with E-state index in [1.54, 1.807) is 19.2 Å². The molecule has 2 rings (SSSR count). The Bertz CT molecular complexity index is 901. The van der Waals surface area contributed by atoms with Gasteiger partial charge in [0.05, 0.1) is 10.9 Å². The van der Waals surface area contributed by atoms with Gasteiger partial charge in [-0.3, -0.25) is 4.79 Å². The van der Waals surface area contributed by atoms with Gasteiger partial charge in [-0.15, -0.1) is 0 Å². The molecule has 8 heteroatoms. The molecule has 1 atom stereocenters. The van der Waals surface area contributed by atoms with Gasteiger partial charge >= 0.3 is 0 Å². The van der Waals surface area contributed by atoms with Crippen LogP contribution in [0.4, 0.5) is 8.78 Å². The zero-order valence-electron chi connectivity index (χ0n) is 14.4. The predicted molar refractivity (Wildman–Crippen MR) is 94.4 cm³/mol. The van der Waals surface area contributed by atoms with Gasteiger partial charge in [0.25, 0.3) is 0 Å². The third kappa shape index (κ3) is 5.09. The van der Waals surface area contributed by atoms with Crippen LogP contribution in [-0.4, -0.2) is 34.2 Å². The Morgan fingerprint density at radius 2 is 1.77 bits per heavy atom. The summed E-state index contributed by atoms with van der Waals surface area (Å²) in [7, 11) is -1.75. The van der Waals surface area contributed by atoms with Crippen LogP contribution in [0, 0.1) is 11.6 Å². The minimum atomic E-state index is -3.46. The van der Waals surface area contributed by atoms with Crippen molar-refractivity contribution in [2.24, 2.45) is 0 Å². The van der Waals surface area contributed by atoms with Gasteiger partial charge in [0.2, 0.25) is 5.91 Å². The average Bonchev–Trinajstić information content (AvgIpc) is 2.59. The summed E-state index contributed by atoms with van der Waals surface area (Å²) in [5.74, 6) is -2.35. The van der Waals surface area contributed by atoms with Crippen LogP contribution in [0.3, 0.4) is 0 Å². The molecule has 2 aromatic carbocycles. The van der Waals surface area contributed by atoms with E-state index in [-0.39, 0.29) is 17.2 Å². The summed E-state index contributed by atoms with van der Waals surface area (Å²) in [5.41, 5.74) is 0.768. The van der Waals surface area contributed by atoms with Gasteiger partial charge in [0.1, 0.15) is 0 Å². The maximum atomic E-state index is 13.7. The number of hydrogen-bond donors (Lipinski definition) is 2. The van der Waals surface area contributed by atoms with Gasteiger partial charge in [0, 0.05) is 19.2 Å². The van der Waals surface area contributed by atoms with Gasteiger partial charge in [-0.1, -0.05) is 18.2 Å². The normalized spacial score (nSPS) is 12.6. The predicted octanol–water partition coefficient (Wildman–Crippen LogP) is 2.18. The molecular weight excluding hydrogens is 362 g/mol. The molecule has 2 N–H and O–H groups in total. The molecule has 0 spiro atoms. The lowest BCUT2D eigenvalue weighted by Crippen LogP contribution is -2.31. The monoisotopic (exact) mass is 382 g/mol. The number of carbonyl (C=O) groups excluding carboxylic acids is 1. The molecule has 140 valence electrons. The number of amides is 1. The Labute approximate surface area is 151 Å². The Hall–Kier alpha value is -2.32. The van der Waals surface area contributed by atoms with E-state index in [0.717, 1.165) is 18.4 Å².